The maximum absolute atomic E-state index is 13.0. The predicted octanol–water partition coefficient (Wildman–Crippen LogP) is 2.00. The highest BCUT2D eigenvalue weighted by Crippen LogP contribution is 2.34. The van der Waals surface area contributed by atoms with Crippen molar-refractivity contribution in [3.05, 3.63) is 35.4 Å². The van der Waals surface area contributed by atoms with Crippen molar-refractivity contribution in [2.45, 2.75) is 12.3 Å². The molecule has 0 saturated carbocycles. The van der Waals surface area contributed by atoms with Crippen LogP contribution < -0.4 is 0 Å². The summed E-state index contributed by atoms with van der Waals surface area (Å²) in [5, 5.41) is 10.2. The second kappa shape index (κ2) is 8.10. The molecule has 0 aromatic heterocycles. The summed E-state index contributed by atoms with van der Waals surface area (Å²) in [4.78, 5) is 4.25. The average Bonchev–Trinajstić information content (AvgIpc) is 2.53. The monoisotopic (exact) mass is 332 g/mol. The first-order chi connectivity index (χ1) is 10.9. The zero-order chi connectivity index (χ0) is 16.9. The quantitative estimate of drug-likeness (QED) is 0.864. The lowest BCUT2D eigenvalue weighted by Crippen LogP contribution is -2.48. The lowest BCUT2D eigenvalue weighted by Gasteiger charge is -2.35. The molecule has 1 heterocycles. The van der Waals surface area contributed by atoms with Crippen LogP contribution in [-0.2, 0) is 10.9 Å². The van der Waals surface area contributed by atoms with E-state index in [2.05, 4.69) is 4.90 Å². The zero-order valence-corrected chi connectivity index (χ0v) is 13.2. The molecule has 1 atom stereocenters. The van der Waals surface area contributed by atoms with E-state index >= 15 is 0 Å². The van der Waals surface area contributed by atoms with Crippen LogP contribution in [0.3, 0.4) is 0 Å². The van der Waals surface area contributed by atoms with Gasteiger partial charge in [-0.05, 0) is 11.6 Å². The Labute approximate surface area is 134 Å². The highest BCUT2D eigenvalue weighted by molar-refractivity contribution is 5.31. The molecule has 0 unspecified atom stereocenters. The SMILES string of the molecule is COCCN1CCN(C[C@@H](O)c2ccccc2C(F)(F)F)CC1. The van der Waals surface area contributed by atoms with Gasteiger partial charge in [0.1, 0.15) is 0 Å². The number of aliphatic hydroxyl groups excluding tert-OH is 1. The van der Waals surface area contributed by atoms with Crippen LogP contribution in [0.2, 0.25) is 0 Å². The summed E-state index contributed by atoms with van der Waals surface area (Å²) in [5.74, 6) is 0. The molecule has 1 aliphatic heterocycles. The first-order valence-corrected chi connectivity index (χ1v) is 7.69. The minimum absolute atomic E-state index is 0.0539. The molecule has 1 aromatic carbocycles. The Balaban J connectivity index is 1.92. The summed E-state index contributed by atoms with van der Waals surface area (Å²) in [5.41, 5.74) is -0.812. The topological polar surface area (TPSA) is 35.9 Å². The Hall–Kier alpha value is -1.15. The van der Waals surface area contributed by atoms with E-state index in [0.717, 1.165) is 38.8 Å². The van der Waals surface area contributed by atoms with Crippen molar-refractivity contribution < 1.29 is 23.0 Å². The number of methoxy groups -OCH3 is 1. The van der Waals surface area contributed by atoms with Gasteiger partial charge in [0.15, 0.2) is 0 Å². The maximum Gasteiger partial charge on any atom is 0.416 e. The molecule has 1 aliphatic rings. The van der Waals surface area contributed by atoms with Gasteiger partial charge in [0.25, 0.3) is 0 Å². The van der Waals surface area contributed by atoms with E-state index in [1.807, 2.05) is 4.90 Å². The number of rotatable bonds is 6. The highest BCUT2D eigenvalue weighted by Gasteiger charge is 2.35. The fourth-order valence-corrected chi connectivity index (χ4v) is 2.80. The van der Waals surface area contributed by atoms with Crippen molar-refractivity contribution in [1.82, 2.24) is 9.80 Å². The molecule has 130 valence electrons. The number of hydrogen-bond acceptors (Lipinski definition) is 4. The molecule has 1 saturated heterocycles. The van der Waals surface area contributed by atoms with Gasteiger partial charge < -0.3 is 9.84 Å². The standard InChI is InChI=1S/C16H23F3N2O2/c1-23-11-10-20-6-8-21(9-7-20)12-15(22)13-4-2-3-5-14(13)16(17,18)19/h2-5,15,22H,6-12H2,1H3/t15-/m1/s1. The van der Waals surface area contributed by atoms with E-state index in [1.54, 1.807) is 7.11 Å². The number of nitrogens with zero attached hydrogens (tertiary/aromatic N) is 2. The van der Waals surface area contributed by atoms with Crippen LogP contribution in [0.25, 0.3) is 0 Å². The molecule has 0 radical (unpaired) electrons. The fourth-order valence-electron chi connectivity index (χ4n) is 2.80. The Kier molecular flexibility index (Phi) is 6.41. The van der Waals surface area contributed by atoms with Crippen LogP contribution >= 0.6 is 0 Å². The number of alkyl halides is 3. The third-order valence-electron chi connectivity index (χ3n) is 4.13. The number of piperazine rings is 1. The van der Waals surface area contributed by atoms with Crippen molar-refractivity contribution in [2.24, 2.45) is 0 Å². The number of hydrogen-bond donors (Lipinski definition) is 1. The van der Waals surface area contributed by atoms with Crippen molar-refractivity contribution in [3.8, 4) is 0 Å². The molecule has 0 spiro atoms. The van der Waals surface area contributed by atoms with Crippen LogP contribution in [0.4, 0.5) is 13.2 Å². The Morgan fingerprint density at radius 3 is 2.35 bits per heavy atom. The smallest absolute Gasteiger partial charge is 0.387 e. The number of halogens is 3. The van der Waals surface area contributed by atoms with Gasteiger partial charge in [-0.2, -0.15) is 13.2 Å². The van der Waals surface area contributed by atoms with Gasteiger partial charge in [0.05, 0.1) is 18.3 Å². The predicted molar refractivity (Wildman–Crippen MR) is 81.2 cm³/mol. The third-order valence-corrected chi connectivity index (χ3v) is 4.13. The highest BCUT2D eigenvalue weighted by atomic mass is 19.4. The van der Waals surface area contributed by atoms with Crippen molar-refractivity contribution >= 4 is 0 Å². The van der Waals surface area contributed by atoms with Gasteiger partial charge in [-0.15, -0.1) is 0 Å². The molecular formula is C16H23F3N2O2. The van der Waals surface area contributed by atoms with E-state index < -0.39 is 17.8 Å². The molecule has 4 nitrogen and oxygen atoms in total. The van der Waals surface area contributed by atoms with E-state index in [4.69, 9.17) is 4.74 Å². The maximum atomic E-state index is 13.0. The fraction of sp³-hybridized carbons (Fsp3) is 0.625. The van der Waals surface area contributed by atoms with Crippen molar-refractivity contribution in [1.29, 1.82) is 0 Å². The summed E-state index contributed by atoms with van der Waals surface area (Å²) in [6, 6.07) is 5.23. The Morgan fingerprint density at radius 2 is 1.74 bits per heavy atom. The van der Waals surface area contributed by atoms with Gasteiger partial charge >= 0.3 is 6.18 Å². The van der Waals surface area contributed by atoms with Crippen LogP contribution in [0.1, 0.15) is 17.2 Å². The third kappa shape index (κ3) is 5.17. The molecule has 0 amide bonds. The molecule has 23 heavy (non-hydrogen) atoms. The summed E-state index contributed by atoms with van der Waals surface area (Å²) in [6.45, 7) is 4.86. The zero-order valence-electron chi connectivity index (χ0n) is 13.2. The van der Waals surface area contributed by atoms with E-state index in [9.17, 15) is 18.3 Å². The summed E-state index contributed by atoms with van der Waals surface area (Å²) >= 11 is 0. The van der Waals surface area contributed by atoms with E-state index in [1.165, 1.54) is 18.2 Å². The van der Waals surface area contributed by atoms with E-state index in [-0.39, 0.29) is 12.1 Å². The van der Waals surface area contributed by atoms with Crippen molar-refractivity contribution in [2.75, 3.05) is 53.0 Å². The van der Waals surface area contributed by atoms with Crippen molar-refractivity contribution in [3.63, 3.8) is 0 Å². The normalized spacial score (nSPS) is 19.0. The molecule has 1 aromatic rings. The molecule has 2 rings (SSSR count). The minimum atomic E-state index is -4.45. The van der Waals surface area contributed by atoms with E-state index in [0.29, 0.717) is 6.61 Å². The first kappa shape index (κ1) is 18.2. The van der Waals surface area contributed by atoms with Crippen LogP contribution in [0.15, 0.2) is 24.3 Å². The second-order valence-corrected chi connectivity index (χ2v) is 5.74. The second-order valence-electron chi connectivity index (χ2n) is 5.74. The van der Waals surface area contributed by atoms with Crippen LogP contribution in [0.5, 0.6) is 0 Å². The van der Waals surface area contributed by atoms with Gasteiger partial charge in [-0.25, -0.2) is 0 Å². The minimum Gasteiger partial charge on any atom is -0.387 e. The molecule has 0 aliphatic carbocycles. The number of benzene rings is 1. The molecular weight excluding hydrogens is 309 g/mol. The van der Waals surface area contributed by atoms with Gasteiger partial charge in [-0.3, -0.25) is 9.80 Å². The lowest BCUT2D eigenvalue weighted by atomic mass is 10.0. The Bertz CT molecular complexity index is 488. The van der Waals surface area contributed by atoms with Gasteiger partial charge in [0, 0.05) is 46.4 Å². The summed E-state index contributed by atoms with van der Waals surface area (Å²) in [6.07, 6.45) is -5.59. The molecule has 1 N–H and O–H groups in total. The number of β-amino-alcohol motifs (C(OH)–C–C–N with tert-alkyl or cyclic N) is 1. The number of ether oxygens (including phenoxy) is 1. The Morgan fingerprint density at radius 1 is 1.13 bits per heavy atom. The largest absolute Gasteiger partial charge is 0.416 e. The lowest BCUT2D eigenvalue weighted by molar-refractivity contribution is -0.139. The summed E-state index contributed by atoms with van der Waals surface area (Å²) in [7, 11) is 1.66. The molecule has 1 fully saturated rings. The average molecular weight is 332 g/mol. The molecule has 7 heteroatoms. The van der Waals surface area contributed by atoms with Crippen LogP contribution in [0, 0.1) is 0 Å². The van der Waals surface area contributed by atoms with Gasteiger partial charge in [0.2, 0.25) is 0 Å². The van der Waals surface area contributed by atoms with Crippen LogP contribution in [-0.4, -0.2) is 67.9 Å². The number of aliphatic hydroxyl groups is 1. The first-order valence-electron chi connectivity index (χ1n) is 7.69. The molecule has 0 bridgehead atoms. The summed E-state index contributed by atoms with van der Waals surface area (Å²) < 4.78 is 44.1. The van der Waals surface area contributed by atoms with Gasteiger partial charge in [-0.1, -0.05) is 18.2 Å².